The van der Waals surface area contributed by atoms with Gasteiger partial charge in [-0.05, 0) is 93.0 Å². The van der Waals surface area contributed by atoms with E-state index >= 15 is 0 Å². The Hall–Kier alpha value is -6.11. The van der Waals surface area contributed by atoms with Crippen LogP contribution in [0.15, 0.2) is 65.6 Å². The molecule has 2 fully saturated rings. The number of benzene rings is 3. The number of halogens is 3. The number of piperidine rings is 1. The van der Waals surface area contributed by atoms with Gasteiger partial charge in [-0.2, -0.15) is 0 Å². The minimum Gasteiger partial charge on any atom is -0.489 e. The minimum atomic E-state index is -1.03. The molecule has 65 heavy (non-hydrogen) atoms. The van der Waals surface area contributed by atoms with E-state index in [-0.39, 0.29) is 88.2 Å². The molecule has 3 aliphatic heterocycles. The average Bonchev–Trinajstić information content (AvgIpc) is 3.53. The summed E-state index contributed by atoms with van der Waals surface area (Å²) >= 11 is 13.6. The Bertz CT molecular complexity index is 2560. The number of fused-ring (bicyclic) bond motifs is 1. The first kappa shape index (κ1) is 46.9. The summed E-state index contributed by atoms with van der Waals surface area (Å²) in [6.07, 6.45) is 2.80. The van der Waals surface area contributed by atoms with Crippen molar-refractivity contribution >= 4 is 87.8 Å². The molecule has 4 heterocycles. The molecule has 0 radical (unpaired) electrons. The van der Waals surface area contributed by atoms with Gasteiger partial charge in [-0.1, -0.05) is 35.7 Å². The van der Waals surface area contributed by atoms with Crippen molar-refractivity contribution in [1.29, 1.82) is 0 Å². The van der Waals surface area contributed by atoms with E-state index in [1.165, 1.54) is 30.0 Å². The van der Waals surface area contributed by atoms with E-state index in [4.69, 9.17) is 33.7 Å². The van der Waals surface area contributed by atoms with Crippen LogP contribution in [-0.2, 0) is 20.8 Å². The number of piperazine rings is 1. The zero-order valence-corrected chi connectivity index (χ0v) is 37.7. The minimum absolute atomic E-state index is 0.00606. The molecule has 0 bridgehead atoms. The van der Waals surface area contributed by atoms with Crippen molar-refractivity contribution in [3.63, 3.8) is 0 Å². The van der Waals surface area contributed by atoms with Crippen LogP contribution in [-0.4, -0.2) is 110 Å². The van der Waals surface area contributed by atoms with Crippen molar-refractivity contribution < 1.29 is 42.7 Å². The van der Waals surface area contributed by atoms with Crippen molar-refractivity contribution in [3.8, 4) is 5.75 Å². The number of carbonyl (C=O) groups is 7. The zero-order chi connectivity index (χ0) is 46.5. The zero-order valence-electron chi connectivity index (χ0n) is 35.4. The number of anilines is 2. The molecule has 3 aromatic carbocycles. The number of amides is 7. The van der Waals surface area contributed by atoms with Crippen LogP contribution in [0.1, 0.15) is 99.5 Å². The van der Waals surface area contributed by atoms with E-state index in [1.807, 2.05) is 18.7 Å². The van der Waals surface area contributed by atoms with Crippen LogP contribution >= 0.6 is 35.0 Å². The van der Waals surface area contributed by atoms with Crippen LogP contribution in [0.4, 0.5) is 15.9 Å². The summed E-state index contributed by atoms with van der Waals surface area (Å²) in [5, 5.41) is 12.8. The Morgan fingerprint density at radius 1 is 0.954 bits per heavy atom. The fourth-order valence-corrected chi connectivity index (χ4v) is 9.84. The summed E-state index contributed by atoms with van der Waals surface area (Å²) in [6.45, 7) is 4.53. The summed E-state index contributed by atoms with van der Waals surface area (Å²) in [4.78, 5) is 95.9. The standard InChI is InChI=1S/C45H45Cl2FN8O8S/c1-24-22-54(43(61)26-10-12-27(13-11-26)50-41(59)32-21-34(40(49)53-52-32)64-19-18-28-30(46)14-15-31(48)39(28)47)23-25(2)55(24)37(58)9-4-3-5-20-65-35-8-6-7-29-38(35)45(63)56(44(29)62)33-16-17-36(57)51-42(33)60/h6-8,10-15,21,24-25,33H,3-5,9,16-20,22-23H2,1-2H3,(H2,49,53)(H,50,59)(H,51,57,60)/t24-,25+,33-/m1/s1. The number of imide groups is 2. The Balaban J connectivity index is 0.842. The van der Waals surface area contributed by atoms with Gasteiger partial charge in [-0.25, -0.2) is 4.39 Å². The summed E-state index contributed by atoms with van der Waals surface area (Å²) in [5.41, 5.74) is 7.51. The lowest BCUT2D eigenvalue weighted by Crippen LogP contribution is -2.59. The molecule has 3 atom stereocenters. The summed E-state index contributed by atoms with van der Waals surface area (Å²) in [6, 6.07) is 13.9. The second-order valence-electron chi connectivity index (χ2n) is 15.9. The largest absolute Gasteiger partial charge is 0.489 e. The molecule has 340 valence electrons. The number of hydrogen-bond donors (Lipinski definition) is 3. The quantitative estimate of drug-likeness (QED) is 0.0527. The van der Waals surface area contributed by atoms with Gasteiger partial charge in [0.05, 0.1) is 22.8 Å². The second-order valence-corrected chi connectivity index (χ2v) is 17.8. The van der Waals surface area contributed by atoms with Crippen molar-refractivity contribution in [2.75, 3.05) is 36.5 Å². The van der Waals surface area contributed by atoms with Gasteiger partial charge in [0.2, 0.25) is 17.7 Å². The Morgan fingerprint density at radius 2 is 1.69 bits per heavy atom. The number of thioether (sulfide) groups is 1. The van der Waals surface area contributed by atoms with Crippen LogP contribution < -0.4 is 21.1 Å². The smallest absolute Gasteiger partial charge is 0.276 e. The fourth-order valence-electron chi connectivity index (χ4n) is 8.20. The van der Waals surface area contributed by atoms with E-state index in [0.29, 0.717) is 53.4 Å². The molecule has 2 saturated heterocycles. The molecule has 0 spiro atoms. The highest BCUT2D eigenvalue weighted by Crippen LogP contribution is 2.35. The molecule has 7 rings (SSSR count). The van der Waals surface area contributed by atoms with Gasteiger partial charge in [-0.3, -0.25) is 43.8 Å². The normalized spacial score (nSPS) is 18.4. The number of nitrogen functional groups attached to an aromatic ring is 1. The highest BCUT2D eigenvalue weighted by Gasteiger charge is 2.45. The van der Waals surface area contributed by atoms with E-state index in [0.717, 1.165) is 17.7 Å². The predicted octanol–water partition coefficient (Wildman–Crippen LogP) is 6.19. The number of hydrogen-bond acceptors (Lipinski definition) is 12. The lowest BCUT2D eigenvalue weighted by molar-refractivity contribution is -0.139. The molecule has 4 N–H and O–H groups in total. The van der Waals surface area contributed by atoms with Gasteiger partial charge in [0.1, 0.15) is 11.9 Å². The fraction of sp³-hybridized carbons (Fsp3) is 0.356. The highest BCUT2D eigenvalue weighted by molar-refractivity contribution is 7.99. The Morgan fingerprint density at radius 3 is 2.42 bits per heavy atom. The topological polar surface area (TPSA) is 214 Å². The van der Waals surface area contributed by atoms with Gasteiger partial charge in [0.15, 0.2) is 17.3 Å². The molecular weight excluding hydrogens is 903 g/mol. The molecule has 1 aromatic heterocycles. The molecule has 20 heteroatoms. The molecule has 0 unspecified atom stereocenters. The van der Waals surface area contributed by atoms with Crippen molar-refractivity contribution in [2.45, 2.75) is 81.8 Å². The van der Waals surface area contributed by atoms with Crippen LogP contribution in [0.3, 0.4) is 0 Å². The Kier molecular flexibility index (Phi) is 14.7. The van der Waals surface area contributed by atoms with Crippen LogP contribution in [0, 0.1) is 5.82 Å². The number of unbranched alkanes of at least 4 members (excludes halogenated alkanes) is 2. The van der Waals surface area contributed by atoms with E-state index in [1.54, 1.807) is 47.4 Å². The first-order valence-corrected chi connectivity index (χ1v) is 22.7. The lowest BCUT2D eigenvalue weighted by atomic mass is 10.0. The summed E-state index contributed by atoms with van der Waals surface area (Å²) in [7, 11) is 0. The van der Waals surface area contributed by atoms with Gasteiger partial charge < -0.3 is 25.6 Å². The Labute approximate surface area is 387 Å². The predicted molar refractivity (Wildman–Crippen MR) is 240 cm³/mol. The van der Waals surface area contributed by atoms with Gasteiger partial charge in [-0.15, -0.1) is 22.0 Å². The van der Waals surface area contributed by atoms with Crippen molar-refractivity contribution in [3.05, 3.63) is 104 Å². The monoisotopic (exact) mass is 946 g/mol. The third-order valence-electron chi connectivity index (χ3n) is 11.4. The molecule has 16 nitrogen and oxygen atoms in total. The summed E-state index contributed by atoms with van der Waals surface area (Å²) < 4.78 is 19.6. The third kappa shape index (κ3) is 10.4. The number of rotatable bonds is 15. The van der Waals surface area contributed by atoms with E-state index in [2.05, 4.69) is 20.8 Å². The highest BCUT2D eigenvalue weighted by atomic mass is 35.5. The van der Waals surface area contributed by atoms with Gasteiger partial charge in [0.25, 0.3) is 23.6 Å². The number of nitrogens with one attached hydrogen (secondary N) is 2. The first-order chi connectivity index (χ1) is 31.1. The van der Waals surface area contributed by atoms with E-state index in [9.17, 15) is 38.0 Å². The van der Waals surface area contributed by atoms with Crippen LogP contribution in [0.5, 0.6) is 5.75 Å². The number of ether oxygens (including phenoxy) is 1. The lowest BCUT2D eigenvalue weighted by Gasteiger charge is -2.44. The molecule has 3 aliphatic rings. The third-order valence-corrected chi connectivity index (χ3v) is 13.3. The number of nitrogens with zero attached hydrogens (tertiary/aromatic N) is 5. The van der Waals surface area contributed by atoms with Crippen LogP contribution in [0.25, 0.3) is 0 Å². The average molecular weight is 948 g/mol. The maximum Gasteiger partial charge on any atom is 0.276 e. The number of aromatic nitrogens is 2. The van der Waals surface area contributed by atoms with Crippen molar-refractivity contribution in [2.24, 2.45) is 0 Å². The first-order valence-electron chi connectivity index (χ1n) is 21.0. The van der Waals surface area contributed by atoms with Gasteiger partial charge in [0, 0.05) is 71.7 Å². The molecule has 7 amide bonds. The molecular formula is C45H45Cl2FN8O8S. The maximum absolute atomic E-state index is 13.9. The van der Waals surface area contributed by atoms with Crippen molar-refractivity contribution in [1.82, 2.24) is 30.2 Å². The number of carbonyl (C=O) groups excluding carboxylic acids is 7. The maximum atomic E-state index is 13.9. The second kappa shape index (κ2) is 20.4. The van der Waals surface area contributed by atoms with Crippen LogP contribution in [0.2, 0.25) is 10.0 Å². The number of nitrogens with two attached hydrogens (primary N) is 1. The summed E-state index contributed by atoms with van der Waals surface area (Å²) in [5.74, 6) is -2.91. The van der Waals surface area contributed by atoms with Gasteiger partial charge >= 0.3 is 0 Å². The SMILES string of the molecule is C[C@@H]1CN(C(=O)c2ccc(NC(=O)c3cc(OCCc4c(Cl)ccc(F)c4Cl)c(N)nn3)cc2)C[C@H](C)N1C(=O)CCCCCSc1cccc2c1C(=O)N([C@@H]1CCC(=O)NC1=O)C2=O. The molecule has 0 saturated carbocycles. The molecule has 0 aliphatic carbocycles. The van der Waals surface area contributed by atoms with E-state index < -0.39 is 41.4 Å². The molecule has 4 aromatic rings.